The maximum absolute atomic E-state index is 11.8. The van der Waals surface area contributed by atoms with Crippen LogP contribution in [-0.2, 0) is 49.1 Å². The highest BCUT2D eigenvalue weighted by atomic mass is 35.5. The van der Waals surface area contributed by atoms with Gasteiger partial charge in [0.25, 0.3) is 0 Å². The molecule has 0 fully saturated rings. The number of halogens is 2. The predicted octanol–water partition coefficient (Wildman–Crippen LogP) is 8.04. The maximum atomic E-state index is 11.8. The first-order valence-corrected chi connectivity index (χ1v) is 23.1. The van der Waals surface area contributed by atoms with Crippen molar-refractivity contribution in [1.82, 2.24) is 20.6 Å². The van der Waals surface area contributed by atoms with Gasteiger partial charge in [-0.25, -0.2) is 0 Å². The molecule has 6 aromatic rings. The van der Waals surface area contributed by atoms with Crippen LogP contribution in [0.4, 0.5) is 0 Å². The van der Waals surface area contributed by atoms with Crippen molar-refractivity contribution in [3.63, 3.8) is 0 Å². The zero-order valence-corrected chi connectivity index (χ0v) is 39.8. The van der Waals surface area contributed by atoms with E-state index in [4.69, 9.17) is 42.1 Å². The first kappa shape index (κ1) is 51.6. The molecular weight excluding hydrogens is 948 g/mol. The summed E-state index contributed by atoms with van der Waals surface area (Å²) in [5, 5.41) is 65.2. The molecule has 0 radical (unpaired) electrons. The summed E-state index contributed by atoms with van der Waals surface area (Å²) in [6.45, 7) is 3.94. The summed E-state index contributed by atoms with van der Waals surface area (Å²) in [6, 6.07) is 17.9. The molecule has 0 amide bonds. The molecule has 0 aliphatic heterocycles. The highest BCUT2D eigenvalue weighted by Crippen LogP contribution is 2.39. The number of benzene rings is 3. The molecular formula is C50H48Cl2N6O10S. The normalized spacial score (nSPS) is 11.8. The van der Waals surface area contributed by atoms with Crippen LogP contribution < -0.4 is 29.6 Å². The smallest absolute Gasteiger partial charge is 0.320 e. The number of aromatic nitrogens is 2. The van der Waals surface area contributed by atoms with Crippen LogP contribution in [0.5, 0.6) is 23.0 Å². The molecule has 19 heteroatoms. The van der Waals surface area contributed by atoms with E-state index in [1.165, 1.54) is 12.4 Å². The Bertz CT molecular complexity index is 2870. The average Bonchev–Trinajstić information content (AvgIpc) is 3.71. The molecule has 0 saturated heterocycles. The summed E-state index contributed by atoms with van der Waals surface area (Å²) in [7, 11) is 0. The van der Waals surface area contributed by atoms with Gasteiger partial charge in [-0.1, -0.05) is 41.4 Å². The molecule has 69 heavy (non-hydrogen) atoms. The Balaban J connectivity index is 1.19. The quantitative estimate of drug-likeness (QED) is 0.0318. The standard InChI is InChI=1S/C50H48Cl2N6O10S/c1-29-35(26-67-46-14-44(65-24-33-10-31(16-53)18-55-20-33)36(12-40(46)51)22-57-42(6-8-59)49(61)62)4-3-5-39(29)48-30(2)38(28-69-48)27-68-47-15-45(66-25-34-11-32(17-54)19-56-21-34)37(13-41(47)52)23-58-43(7-9-60)50(63)64/h3-5,10-15,18-21,28,42-43,57-60H,6-9,22-27H2,1-2H3,(H,61,62)(H,63,64). The topological polar surface area (TPSA) is 249 Å². The van der Waals surface area contributed by atoms with Crippen LogP contribution in [0.15, 0.2) is 84.8 Å². The van der Waals surface area contributed by atoms with Gasteiger partial charge in [0.2, 0.25) is 0 Å². The van der Waals surface area contributed by atoms with Crippen LogP contribution in [0, 0.1) is 36.5 Å². The van der Waals surface area contributed by atoms with Crippen molar-refractivity contribution in [3.05, 3.63) is 150 Å². The van der Waals surface area contributed by atoms with Crippen molar-refractivity contribution >= 4 is 46.5 Å². The first-order valence-electron chi connectivity index (χ1n) is 21.5. The van der Waals surface area contributed by atoms with E-state index in [9.17, 15) is 40.5 Å². The number of aliphatic hydroxyl groups excluding tert-OH is 2. The number of pyridine rings is 2. The number of aliphatic carboxylic acids is 2. The van der Waals surface area contributed by atoms with Crippen LogP contribution >= 0.6 is 34.5 Å². The molecule has 6 N–H and O–H groups in total. The molecule has 2 unspecified atom stereocenters. The summed E-state index contributed by atoms with van der Waals surface area (Å²) >= 11 is 15.1. The van der Waals surface area contributed by atoms with Gasteiger partial charge in [0.05, 0.1) is 21.2 Å². The molecule has 3 aromatic carbocycles. The Morgan fingerprint density at radius 3 is 1.59 bits per heavy atom. The molecule has 3 aromatic heterocycles. The van der Waals surface area contributed by atoms with Gasteiger partial charge in [0.15, 0.2) is 0 Å². The van der Waals surface area contributed by atoms with Gasteiger partial charge in [-0.3, -0.25) is 19.6 Å². The number of carbonyl (C=O) groups is 2. The van der Waals surface area contributed by atoms with Crippen molar-refractivity contribution in [3.8, 4) is 45.6 Å². The second kappa shape index (κ2) is 25.0. The van der Waals surface area contributed by atoms with E-state index < -0.39 is 24.0 Å². The summed E-state index contributed by atoms with van der Waals surface area (Å²) in [5.41, 5.74) is 7.91. The second-order valence-corrected chi connectivity index (χ2v) is 17.4. The van der Waals surface area contributed by atoms with Gasteiger partial charge in [-0.05, 0) is 78.6 Å². The SMILES string of the molecule is Cc1c(COc2cc(OCc3cncc(C#N)c3)c(CNC(CCO)C(=O)O)cc2Cl)cccc1-c1scc(COc2cc(OCc3cncc(C#N)c3)c(CNC(CCO)C(=O)O)cc2Cl)c1C. The van der Waals surface area contributed by atoms with E-state index in [1.807, 2.05) is 37.4 Å². The second-order valence-electron chi connectivity index (χ2n) is 15.7. The van der Waals surface area contributed by atoms with Gasteiger partial charge >= 0.3 is 11.9 Å². The number of thiophene rings is 1. The molecule has 0 aliphatic rings. The Morgan fingerprint density at radius 1 is 0.652 bits per heavy atom. The highest BCUT2D eigenvalue weighted by molar-refractivity contribution is 7.14. The number of nitrogens with zero attached hydrogens (tertiary/aromatic N) is 4. The van der Waals surface area contributed by atoms with E-state index in [2.05, 4.69) is 32.7 Å². The molecule has 6 rings (SSSR count). The predicted molar refractivity (Wildman–Crippen MR) is 257 cm³/mol. The largest absolute Gasteiger partial charge is 0.488 e. The minimum Gasteiger partial charge on any atom is -0.488 e. The van der Waals surface area contributed by atoms with Crippen molar-refractivity contribution in [2.24, 2.45) is 0 Å². The lowest BCUT2D eigenvalue weighted by atomic mass is 9.99. The Morgan fingerprint density at radius 2 is 1.13 bits per heavy atom. The van der Waals surface area contributed by atoms with Crippen molar-refractivity contribution in [2.75, 3.05) is 13.2 Å². The third-order valence-corrected chi connectivity index (χ3v) is 12.7. The number of nitriles is 2. The van der Waals surface area contributed by atoms with Crippen molar-refractivity contribution in [2.45, 2.75) is 78.3 Å². The summed E-state index contributed by atoms with van der Waals surface area (Å²) in [5.74, 6) is -0.821. The fraction of sp³-hybridized carbons (Fsp3) is 0.280. The number of aliphatic hydroxyl groups is 2. The molecule has 3 heterocycles. The molecule has 0 bridgehead atoms. The number of carboxylic acids is 2. The van der Waals surface area contributed by atoms with Gasteiger partial charge in [0.1, 0.15) is 73.6 Å². The minimum absolute atomic E-state index is 0.000167. The van der Waals surface area contributed by atoms with E-state index in [0.29, 0.717) is 56.4 Å². The lowest BCUT2D eigenvalue weighted by molar-refractivity contribution is -0.140. The number of ether oxygens (including phenoxy) is 4. The molecule has 2 atom stereocenters. The van der Waals surface area contributed by atoms with Crippen molar-refractivity contribution < 1.29 is 49.0 Å². The van der Waals surface area contributed by atoms with E-state index in [1.54, 1.807) is 60.1 Å². The van der Waals surface area contributed by atoms with E-state index in [-0.39, 0.29) is 75.6 Å². The lowest BCUT2D eigenvalue weighted by Gasteiger charge is -2.19. The Hall–Kier alpha value is -6.80. The molecule has 16 nitrogen and oxygen atoms in total. The van der Waals surface area contributed by atoms with Gasteiger partial charge < -0.3 is 50.0 Å². The van der Waals surface area contributed by atoms with Gasteiger partial charge in [0, 0.05) is 95.9 Å². The molecule has 358 valence electrons. The third kappa shape index (κ3) is 13.9. The highest BCUT2D eigenvalue weighted by Gasteiger charge is 2.22. The van der Waals surface area contributed by atoms with E-state index in [0.717, 1.165) is 32.7 Å². The number of rotatable bonds is 25. The zero-order chi connectivity index (χ0) is 49.5. The Kier molecular flexibility index (Phi) is 18.7. The van der Waals surface area contributed by atoms with Crippen LogP contribution in [0.1, 0.15) is 68.5 Å². The van der Waals surface area contributed by atoms with Crippen LogP contribution in [-0.4, -0.2) is 67.6 Å². The minimum atomic E-state index is -1.11. The molecule has 0 spiro atoms. The number of nitrogens with one attached hydrogen (secondary N) is 2. The van der Waals surface area contributed by atoms with Crippen LogP contribution in [0.3, 0.4) is 0 Å². The number of hydrogen-bond donors (Lipinski definition) is 6. The summed E-state index contributed by atoms with van der Waals surface area (Å²) in [6.07, 6.45) is 6.06. The number of carboxylic acid groups (broad SMARTS) is 2. The zero-order valence-electron chi connectivity index (χ0n) is 37.5. The fourth-order valence-electron chi connectivity index (χ4n) is 7.10. The third-order valence-electron chi connectivity index (χ3n) is 11.0. The van der Waals surface area contributed by atoms with E-state index >= 15 is 0 Å². The van der Waals surface area contributed by atoms with Crippen LogP contribution in [0.2, 0.25) is 10.0 Å². The Labute approximate surface area is 412 Å². The maximum Gasteiger partial charge on any atom is 0.320 e. The number of hydrogen-bond acceptors (Lipinski definition) is 15. The molecule has 0 aliphatic carbocycles. The summed E-state index contributed by atoms with van der Waals surface area (Å²) < 4.78 is 25.0. The fourth-order valence-corrected chi connectivity index (χ4v) is 8.75. The molecule has 0 saturated carbocycles. The van der Waals surface area contributed by atoms with Crippen molar-refractivity contribution in [1.29, 1.82) is 10.5 Å². The average molecular weight is 996 g/mol. The van der Waals surface area contributed by atoms with Gasteiger partial charge in [-0.15, -0.1) is 11.3 Å². The lowest BCUT2D eigenvalue weighted by Crippen LogP contribution is -2.37. The monoisotopic (exact) mass is 994 g/mol. The van der Waals surface area contributed by atoms with Crippen LogP contribution in [0.25, 0.3) is 10.4 Å². The first-order chi connectivity index (χ1) is 33.3. The van der Waals surface area contributed by atoms with Gasteiger partial charge in [-0.2, -0.15) is 10.5 Å². The summed E-state index contributed by atoms with van der Waals surface area (Å²) in [4.78, 5) is 32.8.